The van der Waals surface area contributed by atoms with Crippen LogP contribution in [0.3, 0.4) is 0 Å². The maximum absolute atomic E-state index is 12.3. The van der Waals surface area contributed by atoms with Crippen molar-refractivity contribution in [1.29, 1.82) is 0 Å². The molecule has 0 heterocycles. The summed E-state index contributed by atoms with van der Waals surface area (Å²) >= 11 is 0. The van der Waals surface area contributed by atoms with Crippen LogP contribution in [0.1, 0.15) is 31.2 Å². The Bertz CT molecular complexity index is 643. The normalized spacial score (nSPS) is 22.8. The van der Waals surface area contributed by atoms with Gasteiger partial charge < -0.3 is 11.1 Å². The van der Waals surface area contributed by atoms with Crippen LogP contribution in [-0.2, 0) is 14.8 Å². The number of nitrogens with one attached hydrogen (secondary N) is 1. The highest BCUT2D eigenvalue weighted by molar-refractivity contribution is 7.89. The number of hydrogen-bond acceptors (Lipinski definition) is 4. The van der Waals surface area contributed by atoms with Gasteiger partial charge in [0.15, 0.2) is 0 Å². The Labute approximate surface area is 124 Å². The number of carbonyl (C=O) groups excluding carboxylic acids is 1. The third kappa shape index (κ3) is 4.03. The molecule has 116 valence electrons. The van der Waals surface area contributed by atoms with Crippen molar-refractivity contribution in [3.05, 3.63) is 23.8 Å². The predicted octanol–water partition coefficient (Wildman–Crippen LogP) is 1.10. The molecule has 1 aromatic carbocycles. The highest BCUT2D eigenvalue weighted by atomic mass is 32.2. The lowest BCUT2D eigenvalue weighted by atomic mass is 9.85. The highest BCUT2D eigenvalue weighted by Crippen LogP contribution is 2.26. The van der Waals surface area contributed by atoms with Crippen molar-refractivity contribution in [1.82, 2.24) is 0 Å². The Hall–Kier alpha value is -1.44. The van der Waals surface area contributed by atoms with Crippen LogP contribution >= 0.6 is 0 Å². The average molecular weight is 311 g/mol. The predicted molar refractivity (Wildman–Crippen MR) is 81.1 cm³/mol. The number of sulfonamides is 1. The lowest BCUT2D eigenvalue weighted by Crippen LogP contribution is -2.34. The van der Waals surface area contributed by atoms with Gasteiger partial charge in [-0.3, -0.25) is 4.79 Å². The van der Waals surface area contributed by atoms with Gasteiger partial charge in [-0.05, 0) is 43.9 Å². The smallest absolute Gasteiger partial charge is 0.238 e. The summed E-state index contributed by atoms with van der Waals surface area (Å²) in [7, 11) is -3.78. The fraction of sp³-hybridized carbons (Fsp3) is 0.500. The number of benzene rings is 1. The molecule has 0 radical (unpaired) electrons. The van der Waals surface area contributed by atoms with Gasteiger partial charge in [-0.25, -0.2) is 13.6 Å². The maximum Gasteiger partial charge on any atom is 0.238 e. The van der Waals surface area contributed by atoms with E-state index in [1.165, 1.54) is 12.1 Å². The third-order valence-electron chi connectivity index (χ3n) is 3.88. The molecular weight excluding hydrogens is 290 g/mol. The van der Waals surface area contributed by atoms with E-state index in [9.17, 15) is 13.2 Å². The zero-order chi connectivity index (χ0) is 15.6. The van der Waals surface area contributed by atoms with E-state index in [0.717, 1.165) is 24.8 Å². The Morgan fingerprint density at radius 2 is 2.05 bits per heavy atom. The summed E-state index contributed by atoms with van der Waals surface area (Å²) in [5, 5.41) is 7.91. The molecule has 1 saturated carbocycles. The van der Waals surface area contributed by atoms with Crippen molar-refractivity contribution in [2.75, 3.05) is 5.32 Å². The van der Waals surface area contributed by atoms with Crippen LogP contribution in [0.5, 0.6) is 0 Å². The summed E-state index contributed by atoms with van der Waals surface area (Å²) in [6.07, 6.45) is 3.37. The van der Waals surface area contributed by atoms with Crippen LogP contribution in [0.4, 0.5) is 5.69 Å². The van der Waals surface area contributed by atoms with Gasteiger partial charge in [-0.15, -0.1) is 0 Å². The molecule has 2 rings (SSSR count). The topological polar surface area (TPSA) is 115 Å². The van der Waals surface area contributed by atoms with E-state index in [0.29, 0.717) is 12.1 Å². The minimum absolute atomic E-state index is 0.0104. The van der Waals surface area contributed by atoms with Gasteiger partial charge in [-0.2, -0.15) is 0 Å². The summed E-state index contributed by atoms with van der Waals surface area (Å²) in [5.74, 6) is -0.230. The van der Waals surface area contributed by atoms with Gasteiger partial charge in [-0.1, -0.05) is 12.5 Å². The number of anilines is 1. The Kier molecular flexibility index (Phi) is 4.65. The van der Waals surface area contributed by atoms with E-state index in [4.69, 9.17) is 10.9 Å². The first-order valence-electron chi connectivity index (χ1n) is 6.97. The molecule has 0 aliphatic heterocycles. The van der Waals surface area contributed by atoms with Crippen LogP contribution in [0.25, 0.3) is 0 Å². The van der Waals surface area contributed by atoms with Gasteiger partial charge in [0.05, 0.1) is 4.90 Å². The first kappa shape index (κ1) is 15.9. The van der Waals surface area contributed by atoms with E-state index in [1.54, 1.807) is 13.0 Å². The summed E-state index contributed by atoms with van der Waals surface area (Å²) in [5.41, 5.74) is 7.16. The minimum Gasteiger partial charge on any atom is -0.328 e. The molecule has 1 fully saturated rings. The summed E-state index contributed by atoms with van der Waals surface area (Å²) in [6, 6.07) is 4.51. The van der Waals surface area contributed by atoms with Crippen molar-refractivity contribution in [2.45, 2.75) is 43.5 Å². The molecule has 0 spiro atoms. The van der Waals surface area contributed by atoms with Crippen LogP contribution in [-0.4, -0.2) is 20.4 Å². The van der Waals surface area contributed by atoms with E-state index < -0.39 is 10.0 Å². The van der Waals surface area contributed by atoms with Crippen LogP contribution in [0, 0.1) is 12.8 Å². The van der Waals surface area contributed by atoms with Gasteiger partial charge in [0, 0.05) is 17.6 Å². The van der Waals surface area contributed by atoms with E-state index in [-0.39, 0.29) is 22.8 Å². The monoisotopic (exact) mass is 311 g/mol. The molecule has 21 heavy (non-hydrogen) atoms. The second-order valence-electron chi connectivity index (χ2n) is 5.63. The molecule has 6 nitrogen and oxygen atoms in total. The molecule has 0 bridgehead atoms. The fourth-order valence-electron chi connectivity index (χ4n) is 2.61. The molecule has 0 saturated heterocycles. The van der Waals surface area contributed by atoms with Crippen molar-refractivity contribution < 1.29 is 13.2 Å². The number of nitrogens with two attached hydrogens (primary N) is 2. The van der Waals surface area contributed by atoms with Gasteiger partial charge in [0.25, 0.3) is 0 Å². The quantitative estimate of drug-likeness (QED) is 0.775. The largest absolute Gasteiger partial charge is 0.328 e. The van der Waals surface area contributed by atoms with E-state index >= 15 is 0 Å². The Morgan fingerprint density at radius 3 is 2.67 bits per heavy atom. The lowest BCUT2D eigenvalue weighted by Gasteiger charge is -2.26. The van der Waals surface area contributed by atoms with Crippen LogP contribution in [0.2, 0.25) is 0 Å². The average Bonchev–Trinajstić information content (AvgIpc) is 2.40. The number of carbonyl (C=O) groups is 1. The molecule has 0 aromatic heterocycles. The van der Waals surface area contributed by atoms with Crippen molar-refractivity contribution in [3.8, 4) is 0 Å². The van der Waals surface area contributed by atoms with Gasteiger partial charge >= 0.3 is 0 Å². The standard InChI is InChI=1S/C14H21N3O3S/c1-9-5-6-12(21(16,19)20)8-13(9)17-14(18)10-3-2-4-11(15)7-10/h5-6,8,10-11H,2-4,7,15H2,1H3,(H,17,18)(H2,16,19,20). The minimum atomic E-state index is -3.78. The molecular formula is C14H21N3O3S. The first-order valence-corrected chi connectivity index (χ1v) is 8.52. The van der Waals surface area contributed by atoms with Crippen LogP contribution < -0.4 is 16.2 Å². The number of hydrogen-bond donors (Lipinski definition) is 3. The third-order valence-corrected chi connectivity index (χ3v) is 4.79. The number of rotatable bonds is 3. The van der Waals surface area contributed by atoms with Crippen molar-refractivity contribution >= 4 is 21.6 Å². The molecule has 7 heteroatoms. The molecule has 1 aliphatic carbocycles. The van der Waals surface area contributed by atoms with E-state index in [2.05, 4.69) is 5.32 Å². The number of aryl methyl sites for hydroxylation is 1. The van der Waals surface area contributed by atoms with Crippen molar-refractivity contribution in [2.24, 2.45) is 16.8 Å². The molecule has 5 N–H and O–H groups in total. The molecule has 2 unspecified atom stereocenters. The van der Waals surface area contributed by atoms with Crippen molar-refractivity contribution in [3.63, 3.8) is 0 Å². The second kappa shape index (κ2) is 6.13. The highest BCUT2D eigenvalue weighted by Gasteiger charge is 2.25. The Morgan fingerprint density at radius 1 is 1.33 bits per heavy atom. The molecule has 1 aliphatic rings. The van der Waals surface area contributed by atoms with Gasteiger partial charge in [0.2, 0.25) is 15.9 Å². The van der Waals surface area contributed by atoms with E-state index in [1.807, 2.05) is 0 Å². The summed E-state index contributed by atoms with van der Waals surface area (Å²) in [4.78, 5) is 12.3. The second-order valence-corrected chi connectivity index (χ2v) is 7.20. The number of primary sulfonamides is 1. The SMILES string of the molecule is Cc1ccc(S(N)(=O)=O)cc1NC(=O)C1CCCC(N)C1. The zero-order valence-electron chi connectivity index (χ0n) is 12.0. The lowest BCUT2D eigenvalue weighted by molar-refractivity contribution is -0.120. The summed E-state index contributed by atoms with van der Waals surface area (Å²) in [6.45, 7) is 1.80. The zero-order valence-corrected chi connectivity index (χ0v) is 12.8. The maximum atomic E-state index is 12.3. The first-order chi connectivity index (χ1) is 9.77. The molecule has 1 amide bonds. The molecule has 1 aromatic rings. The van der Waals surface area contributed by atoms with Gasteiger partial charge in [0.1, 0.15) is 0 Å². The Balaban J connectivity index is 2.17. The molecule has 2 atom stereocenters. The number of amides is 1. The summed E-state index contributed by atoms with van der Waals surface area (Å²) < 4.78 is 22.8. The fourth-order valence-corrected chi connectivity index (χ4v) is 3.15. The van der Waals surface area contributed by atoms with Crippen LogP contribution in [0.15, 0.2) is 23.1 Å².